The van der Waals surface area contributed by atoms with E-state index < -0.39 is 5.54 Å². The summed E-state index contributed by atoms with van der Waals surface area (Å²) in [6.07, 6.45) is 5.69. The van der Waals surface area contributed by atoms with Crippen molar-refractivity contribution >= 4 is 11.8 Å². The van der Waals surface area contributed by atoms with Crippen LogP contribution in [0.3, 0.4) is 0 Å². The molecule has 0 radical (unpaired) electrons. The van der Waals surface area contributed by atoms with E-state index in [1.54, 1.807) is 19.6 Å². The third-order valence-electron chi connectivity index (χ3n) is 6.24. The largest absolute Gasteiger partial charge is 0.348 e. The van der Waals surface area contributed by atoms with Gasteiger partial charge in [0.05, 0.1) is 29.6 Å². The molecular formula is C19H26N6O2. The van der Waals surface area contributed by atoms with E-state index in [0.717, 1.165) is 42.0 Å². The summed E-state index contributed by atoms with van der Waals surface area (Å²) in [5, 5.41) is 0. The van der Waals surface area contributed by atoms with Crippen molar-refractivity contribution in [1.29, 1.82) is 0 Å². The predicted molar refractivity (Wildman–Crippen MR) is 98.9 cm³/mol. The first-order valence-electron chi connectivity index (χ1n) is 9.49. The molecule has 8 heteroatoms. The summed E-state index contributed by atoms with van der Waals surface area (Å²) < 4.78 is 1.90. The highest BCUT2D eigenvalue weighted by molar-refractivity contribution is 5.77. The number of nitrogens with one attached hydrogen (secondary N) is 1. The van der Waals surface area contributed by atoms with Crippen LogP contribution in [-0.2, 0) is 28.1 Å². The quantitative estimate of drug-likeness (QED) is 0.859. The Bertz CT molecular complexity index is 875. The van der Waals surface area contributed by atoms with Crippen LogP contribution in [-0.4, -0.2) is 60.8 Å². The van der Waals surface area contributed by atoms with Gasteiger partial charge in [0.1, 0.15) is 6.54 Å². The Balaban J connectivity index is 1.51. The average molecular weight is 370 g/mol. The SMILES string of the molecule is CC(=O)N1CCc2[nH]cnc2C12CCN(C(=O)Cn1cnc(C)c1C)CC2. The Kier molecular flexibility index (Phi) is 4.28. The molecule has 4 rings (SSSR count). The van der Waals surface area contributed by atoms with E-state index in [0.29, 0.717) is 26.2 Å². The van der Waals surface area contributed by atoms with Crippen molar-refractivity contribution in [2.45, 2.75) is 52.1 Å². The maximum atomic E-state index is 12.8. The third kappa shape index (κ3) is 2.83. The second kappa shape index (κ2) is 6.51. The van der Waals surface area contributed by atoms with Crippen LogP contribution in [0, 0.1) is 13.8 Å². The summed E-state index contributed by atoms with van der Waals surface area (Å²) in [5.74, 6) is 0.172. The van der Waals surface area contributed by atoms with Gasteiger partial charge in [-0.2, -0.15) is 0 Å². The Hall–Kier alpha value is -2.64. The maximum absolute atomic E-state index is 12.8. The van der Waals surface area contributed by atoms with Crippen LogP contribution in [0.1, 0.15) is 42.5 Å². The number of fused-ring (bicyclic) bond motifs is 2. The first kappa shape index (κ1) is 17.8. The number of aryl methyl sites for hydroxylation is 1. The third-order valence-corrected chi connectivity index (χ3v) is 6.24. The minimum atomic E-state index is -0.391. The van der Waals surface area contributed by atoms with Crippen molar-refractivity contribution in [3.05, 3.63) is 35.4 Å². The Labute approximate surface area is 158 Å². The average Bonchev–Trinajstić information content (AvgIpc) is 3.25. The molecule has 0 aromatic carbocycles. The molecule has 1 N–H and O–H groups in total. The number of aromatic nitrogens is 4. The van der Waals surface area contributed by atoms with Crippen molar-refractivity contribution in [2.24, 2.45) is 0 Å². The van der Waals surface area contributed by atoms with Crippen LogP contribution < -0.4 is 0 Å². The van der Waals surface area contributed by atoms with E-state index in [4.69, 9.17) is 0 Å². The van der Waals surface area contributed by atoms with Crippen molar-refractivity contribution < 1.29 is 9.59 Å². The van der Waals surface area contributed by atoms with Gasteiger partial charge in [-0.25, -0.2) is 9.97 Å². The van der Waals surface area contributed by atoms with E-state index in [1.165, 1.54) is 0 Å². The summed E-state index contributed by atoms with van der Waals surface area (Å²) in [4.78, 5) is 41.0. The number of aromatic amines is 1. The molecule has 144 valence electrons. The fraction of sp³-hybridized carbons (Fsp3) is 0.579. The molecule has 1 fully saturated rings. The number of piperidine rings is 1. The fourth-order valence-corrected chi connectivity index (χ4v) is 4.52. The second-order valence-electron chi connectivity index (χ2n) is 7.61. The van der Waals surface area contributed by atoms with Crippen LogP contribution in [0.25, 0.3) is 0 Å². The predicted octanol–water partition coefficient (Wildman–Crippen LogP) is 1.15. The number of rotatable bonds is 2. The maximum Gasteiger partial charge on any atom is 0.242 e. The Morgan fingerprint density at radius 2 is 1.93 bits per heavy atom. The summed E-state index contributed by atoms with van der Waals surface area (Å²) in [7, 11) is 0. The minimum absolute atomic E-state index is 0.0768. The van der Waals surface area contributed by atoms with Gasteiger partial charge in [-0.05, 0) is 26.7 Å². The standard InChI is InChI=1S/C19H26N6O2/c1-13-14(2)24(12-22-13)10-17(27)23-8-5-19(6-9-23)18-16(20-11-21-18)4-7-25(19)15(3)26/h11-12H,4-10H2,1-3H3,(H,20,21). The van der Waals surface area contributed by atoms with Gasteiger partial charge in [-0.1, -0.05) is 0 Å². The molecule has 0 saturated carbocycles. The molecule has 2 aliphatic heterocycles. The highest BCUT2D eigenvalue weighted by Crippen LogP contribution is 2.42. The van der Waals surface area contributed by atoms with E-state index in [2.05, 4.69) is 15.0 Å². The molecule has 1 spiro atoms. The van der Waals surface area contributed by atoms with E-state index >= 15 is 0 Å². The van der Waals surface area contributed by atoms with Crippen LogP contribution >= 0.6 is 0 Å². The molecule has 2 amide bonds. The van der Waals surface area contributed by atoms with Gasteiger partial charge in [-0.3, -0.25) is 9.59 Å². The molecule has 4 heterocycles. The number of carbonyl (C=O) groups excluding carboxylic acids is 2. The van der Waals surface area contributed by atoms with Gasteiger partial charge in [0.25, 0.3) is 0 Å². The second-order valence-corrected chi connectivity index (χ2v) is 7.61. The van der Waals surface area contributed by atoms with Gasteiger partial charge >= 0.3 is 0 Å². The zero-order chi connectivity index (χ0) is 19.2. The lowest BCUT2D eigenvalue weighted by Crippen LogP contribution is -2.58. The summed E-state index contributed by atoms with van der Waals surface area (Å²) in [6.45, 7) is 7.81. The van der Waals surface area contributed by atoms with Gasteiger partial charge in [0.2, 0.25) is 11.8 Å². The number of carbonyl (C=O) groups is 2. The molecule has 2 aromatic rings. The lowest BCUT2D eigenvalue weighted by molar-refractivity contribution is -0.142. The molecule has 0 atom stereocenters. The molecule has 8 nitrogen and oxygen atoms in total. The number of nitrogens with zero attached hydrogens (tertiary/aromatic N) is 5. The molecule has 27 heavy (non-hydrogen) atoms. The first-order chi connectivity index (χ1) is 12.9. The van der Waals surface area contributed by atoms with E-state index in [9.17, 15) is 9.59 Å². The molecule has 1 saturated heterocycles. The van der Waals surface area contributed by atoms with Crippen LogP contribution in [0.2, 0.25) is 0 Å². The highest BCUT2D eigenvalue weighted by atomic mass is 16.2. The molecule has 0 bridgehead atoms. The number of H-pyrrole nitrogens is 1. The van der Waals surface area contributed by atoms with Crippen molar-refractivity contribution in [1.82, 2.24) is 29.3 Å². The van der Waals surface area contributed by atoms with Gasteiger partial charge in [-0.15, -0.1) is 0 Å². The zero-order valence-corrected chi connectivity index (χ0v) is 16.2. The minimum Gasteiger partial charge on any atom is -0.348 e. The number of likely N-dealkylation sites (tertiary alicyclic amines) is 1. The Morgan fingerprint density at radius 3 is 2.56 bits per heavy atom. The number of hydrogen-bond donors (Lipinski definition) is 1. The van der Waals surface area contributed by atoms with Crippen molar-refractivity contribution in [2.75, 3.05) is 19.6 Å². The smallest absolute Gasteiger partial charge is 0.242 e. The number of amides is 2. The normalized spacial score (nSPS) is 18.6. The zero-order valence-electron chi connectivity index (χ0n) is 16.2. The van der Waals surface area contributed by atoms with Gasteiger partial charge < -0.3 is 19.4 Å². The van der Waals surface area contributed by atoms with Crippen molar-refractivity contribution in [3.8, 4) is 0 Å². The van der Waals surface area contributed by atoms with Crippen LogP contribution in [0.5, 0.6) is 0 Å². The lowest BCUT2D eigenvalue weighted by atomic mass is 9.78. The monoisotopic (exact) mass is 370 g/mol. The summed E-state index contributed by atoms with van der Waals surface area (Å²) >= 11 is 0. The molecule has 2 aliphatic rings. The summed E-state index contributed by atoms with van der Waals surface area (Å²) in [5.41, 5.74) is 3.69. The Morgan fingerprint density at radius 1 is 1.19 bits per heavy atom. The van der Waals surface area contributed by atoms with E-state index in [1.807, 2.05) is 28.2 Å². The number of imidazole rings is 2. The van der Waals surface area contributed by atoms with Gasteiger partial charge in [0, 0.05) is 44.4 Å². The molecule has 0 aliphatic carbocycles. The fourth-order valence-electron chi connectivity index (χ4n) is 4.52. The van der Waals surface area contributed by atoms with Crippen LogP contribution in [0.4, 0.5) is 0 Å². The molecule has 0 unspecified atom stereocenters. The van der Waals surface area contributed by atoms with Gasteiger partial charge in [0.15, 0.2) is 0 Å². The van der Waals surface area contributed by atoms with E-state index in [-0.39, 0.29) is 11.8 Å². The molecule has 2 aromatic heterocycles. The molecular weight excluding hydrogens is 344 g/mol. The summed E-state index contributed by atoms with van der Waals surface area (Å²) in [6, 6.07) is 0. The van der Waals surface area contributed by atoms with Crippen molar-refractivity contribution in [3.63, 3.8) is 0 Å². The highest BCUT2D eigenvalue weighted by Gasteiger charge is 2.48. The number of hydrogen-bond acceptors (Lipinski definition) is 4. The van der Waals surface area contributed by atoms with Crippen LogP contribution in [0.15, 0.2) is 12.7 Å². The lowest BCUT2D eigenvalue weighted by Gasteiger charge is -2.50. The first-order valence-corrected chi connectivity index (χ1v) is 9.49. The topological polar surface area (TPSA) is 87.1 Å².